The summed E-state index contributed by atoms with van der Waals surface area (Å²) >= 11 is 0. The first kappa shape index (κ1) is 10.9. The van der Waals surface area contributed by atoms with Gasteiger partial charge in [0.25, 0.3) is 5.91 Å². The SMILES string of the molecule is CCC(N)c1nc(C(=O)N2CC=CC2)co1. The first-order valence-electron chi connectivity index (χ1n) is 5.37. The molecule has 1 atom stereocenters. The number of aromatic nitrogens is 1. The summed E-state index contributed by atoms with van der Waals surface area (Å²) in [5.74, 6) is 0.321. The molecule has 1 aromatic heterocycles. The molecule has 0 spiro atoms. The van der Waals surface area contributed by atoms with Crippen LogP contribution in [0.4, 0.5) is 0 Å². The minimum absolute atomic E-state index is 0.108. The Labute approximate surface area is 93.9 Å². The van der Waals surface area contributed by atoms with Gasteiger partial charge in [-0.15, -0.1) is 0 Å². The van der Waals surface area contributed by atoms with E-state index < -0.39 is 0 Å². The fourth-order valence-electron chi connectivity index (χ4n) is 1.54. The molecule has 1 aliphatic rings. The molecule has 16 heavy (non-hydrogen) atoms. The van der Waals surface area contributed by atoms with Crippen LogP contribution in [0.1, 0.15) is 35.8 Å². The summed E-state index contributed by atoms with van der Waals surface area (Å²) in [7, 11) is 0. The van der Waals surface area contributed by atoms with Gasteiger partial charge in [0.2, 0.25) is 5.89 Å². The van der Waals surface area contributed by atoms with Gasteiger partial charge in [-0.3, -0.25) is 4.79 Å². The second-order valence-corrected chi connectivity index (χ2v) is 3.77. The number of oxazole rings is 1. The van der Waals surface area contributed by atoms with Gasteiger partial charge in [-0.2, -0.15) is 0 Å². The molecule has 2 rings (SSSR count). The second-order valence-electron chi connectivity index (χ2n) is 3.77. The molecule has 2 heterocycles. The van der Waals surface area contributed by atoms with E-state index in [1.807, 2.05) is 19.1 Å². The largest absolute Gasteiger partial charge is 0.446 e. The van der Waals surface area contributed by atoms with Crippen LogP contribution in [-0.4, -0.2) is 28.9 Å². The smallest absolute Gasteiger partial charge is 0.276 e. The summed E-state index contributed by atoms with van der Waals surface area (Å²) < 4.78 is 5.19. The highest BCUT2D eigenvalue weighted by Gasteiger charge is 2.21. The molecular formula is C11H15N3O2. The van der Waals surface area contributed by atoms with Gasteiger partial charge in [-0.1, -0.05) is 19.1 Å². The maximum atomic E-state index is 11.9. The minimum Gasteiger partial charge on any atom is -0.446 e. The molecule has 86 valence electrons. The van der Waals surface area contributed by atoms with Crippen LogP contribution in [0, 0.1) is 0 Å². The number of nitrogens with zero attached hydrogens (tertiary/aromatic N) is 2. The van der Waals surface area contributed by atoms with Crippen molar-refractivity contribution in [3.63, 3.8) is 0 Å². The quantitative estimate of drug-likeness (QED) is 0.776. The Balaban J connectivity index is 2.09. The van der Waals surface area contributed by atoms with Crippen LogP contribution in [0.3, 0.4) is 0 Å². The van der Waals surface area contributed by atoms with Crippen molar-refractivity contribution in [3.8, 4) is 0 Å². The van der Waals surface area contributed by atoms with E-state index in [1.54, 1.807) is 4.90 Å². The number of hydrogen-bond donors (Lipinski definition) is 1. The standard InChI is InChI=1S/C11H15N3O2/c1-2-8(12)10-13-9(7-16-10)11(15)14-5-3-4-6-14/h3-4,7-8H,2,5-6,12H2,1H3. The lowest BCUT2D eigenvalue weighted by atomic mass is 10.2. The molecule has 1 unspecified atom stereocenters. The summed E-state index contributed by atoms with van der Waals surface area (Å²) in [4.78, 5) is 17.7. The summed E-state index contributed by atoms with van der Waals surface area (Å²) in [5.41, 5.74) is 6.10. The molecule has 2 N–H and O–H groups in total. The molecule has 0 saturated carbocycles. The summed E-state index contributed by atoms with van der Waals surface area (Å²) in [6, 6.07) is -0.238. The van der Waals surface area contributed by atoms with Crippen LogP contribution in [0.5, 0.6) is 0 Å². The van der Waals surface area contributed by atoms with Crippen molar-refractivity contribution in [2.75, 3.05) is 13.1 Å². The lowest BCUT2D eigenvalue weighted by Crippen LogP contribution is -2.28. The molecule has 5 heteroatoms. The van der Waals surface area contributed by atoms with E-state index in [4.69, 9.17) is 10.2 Å². The summed E-state index contributed by atoms with van der Waals surface area (Å²) in [6.07, 6.45) is 6.03. The average molecular weight is 221 g/mol. The predicted molar refractivity (Wildman–Crippen MR) is 58.8 cm³/mol. The van der Waals surface area contributed by atoms with Crippen LogP contribution in [0.15, 0.2) is 22.8 Å². The monoisotopic (exact) mass is 221 g/mol. The van der Waals surface area contributed by atoms with Crippen molar-refractivity contribution >= 4 is 5.91 Å². The third kappa shape index (κ3) is 1.99. The Morgan fingerprint density at radius 1 is 1.62 bits per heavy atom. The fraction of sp³-hybridized carbons (Fsp3) is 0.455. The van der Waals surface area contributed by atoms with Gasteiger partial charge in [-0.05, 0) is 6.42 Å². The fourth-order valence-corrected chi connectivity index (χ4v) is 1.54. The van der Waals surface area contributed by atoms with Crippen LogP contribution < -0.4 is 5.73 Å². The van der Waals surface area contributed by atoms with Crippen molar-refractivity contribution in [1.82, 2.24) is 9.88 Å². The Morgan fingerprint density at radius 2 is 2.31 bits per heavy atom. The Hall–Kier alpha value is -1.62. The molecular weight excluding hydrogens is 206 g/mol. The average Bonchev–Trinajstić information content (AvgIpc) is 2.97. The molecule has 0 fully saturated rings. The van der Waals surface area contributed by atoms with Gasteiger partial charge in [0, 0.05) is 13.1 Å². The molecule has 0 bridgehead atoms. The summed E-state index contributed by atoms with van der Waals surface area (Å²) in [5, 5.41) is 0. The van der Waals surface area contributed by atoms with E-state index in [-0.39, 0.29) is 11.9 Å². The first-order chi connectivity index (χ1) is 7.72. The molecule has 0 radical (unpaired) electrons. The summed E-state index contributed by atoms with van der Waals surface area (Å²) in [6.45, 7) is 3.22. The Kier molecular flexibility index (Phi) is 3.05. The van der Waals surface area contributed by atoms with E-state index in [0.717, 1.165) is 6.42 Å². The maximum Gasteiger partial charge on any atom is 0.276 e. The lowest BCUT2D eigenvalue weighted by Gasteiger charge is -2.12. The normalized spacial score (nSPS) is 16.8. The van der Waals surface area contributed by atoms with Crippen LogP contribution in [0.25, 0.3) is 0 Å². The third-order valence-electron chi connectivity index (χ3n) is 2.60. The van der Waals surface area contributed by atoms with Crippen LogP contribution in [-0.2, 0) is 0 Å². The van der Waals surface area contributed by atoms with E-state index in [0.29, 0.717) is 24.7 Å². The zero-order chi connectivity index (χ0) is 11.5. The van der Waals surface area contributed by atoms with Crippen molar-refractivity contribution in [1.29, 1.82) is 0 Å². The van der Waals surface area contributed by atoms with E-state index in [9.17, 15) is 4.79 Å². The minimum atomic E-state index is -0.238. The number of amides is 1. The number of rotatable bonds is 3. The molecule has 1 aromatic rings. The molecule has 0 saturated heterocycles. The van der Waals surface area contributed by atoms with Crippen LogP contribution >= 0.6 is 0 Å². The highest BCUT2D eigenvalue weighted by atomic mass is 16.3. The second kappa shape index (κ2) is 4.49. The van der Waals surface area contributed by atoms with Crippen molar-refractivity contribution in [2.45, 2.75) is 19.4 Å². The topological polar surface area (TPSA) is 72.4 Å². The van der Waals surface area contributed by atoms with E-state index >= 15 is 0 Å². The zero-order valence-electron chi connectivity index (χ0n) is 9.22. The predicted octanol–water partition coefficient (Wildman–Crippen LogP) is 1.10. The van der Waals surface area contributed by atoms with Crippen LogP contribution in [0.2, 0.25) is 0 Å². The molecule has 1 amide bonds. The van der Waals surface area contributed by atoms with Gasteiger partial charge in [-0.25, -0.2) is 4.98 Å². The molecule has 0 aromatic carbocycles. The maximum absolute atomic E-state index is 11.9. The third-order valence-corrected chi connectivity index (χ3v) is 2.60. The van der Waals surface area contributed by atoms with Gasteiger partial charge in [0.05, 0.1) is 6.04 Å². The number of carbonyl (C=O) groups excluding carboxylic acids is 1. The van der Waals surface area contributed by atoms with Crippen molar-refractivity contribution in [3.05, 3.63) is 30.0 Å². The highest BCUT2D eigenvalue weighted by Crippen LogP contribution is 2.14. The van der Waals surface area contributed by atoms with Gasteiger partial charge in [0.1, 0.15) is 6.26 Å². The Morgan fingerprint density at radius 3 is 2.94 bits per heavy atom. The first-order valence-corrected chi connectivity index (χ1v) is 5.37. The zero-order valence-corrected chi connectivity index (χ0v) is 9.22. The van der Waals surface area contributed by atoms with Crippen molar-refractivity contribution < 1.29 is 9.21 Å². The number of nitrogens with two attached hydrogens (primary N) is 1. The van der Waals surface area contributed by atoms with Gasteiger partial charge < -0.3 is 15.1 Å². The number of hydrogen-bond acceptors (Lipinski definition) is 4. The van der Waals surface area contributed by atoms with E-state index in [1.165, 1.54) is 6.26 Å². The lowest BCUT2D eigenvalue weighted by molar-refractivity contribution is 0.0794. The highest BCUT2D eigenvalue weighted by molar-refractivity contribution is 5.92. The van der Waals surface area contributed by atoms with Gasteiger partial charge >= 0.3 is 0 Å². The molecule has 0 aliphatic carbocycles. The van der Waals surface area contributed by atoms with Crippen molar-refractivity contribution in [2.24, 2.45) is 5.73 Å². The number of carbonyl (C=O) groups is 1. The molecule has 1 aliphatic heterocycles. The molecule has 5 nitrogen and oxygen atoms in total. The Bertz CT molecular complexity index is 403. The van der Waals surface area contributed by atoms with Gasteiger partial charge in [0.15, 0.2) is 5.69 Å². The van der Waals surface area contributed by atoms with E-state index in [2.05, 4.69) is 4.98 Å².